The summed E-state index contributed by atoms with van der Waals surface area (Å²) >= 11 is 0. The molecule has 2 aromatic rings. The molecule has 0 bridgehead atoms. The second kappa shape index (κ2) is 9.09. The molecule has 0 heterocycles. The van der Waals surface area contributed by atoms with Gasteiger partial charge in [-0.3, -0.25) is 0 Å². The molecule has 0 amide bonds. The highest BCUT2D eigenvalue weighted by Crippen LogP contribution is 2.32. The molecule has 148 valence electrons. The summed E-state index contributed by atoms with van der Waals surface area (Å²) in [4.78, 5) is 0. The fourth-order valence-corrected chi connectivity index (χ4v) is 4.64. The highest BCUT2D eigenvalue weighted by molar-refractivity contribution is 5.64. The number of rotatable bonds is 5. The second-order valence-electron chi connectivity index (χ2n) is 9.05. The van der Waals surface area contributed by atoms with Crippen molar-refractivity contribution in [3.05, 3.63) is 71.8 Å². The van der Waals surface area contributed by atoms with E-state index in [9.17, 15) is 0 Å². The highest BCUT2D eigenvalue weighted by atomic mass is 16.5. The number of benzene rings is 2. The molecule has 2 aromatic carbocycles. The van der Waals surface area contributed by atoms with Crippen LogP contribution in [0.5, 0.6) is 0 Å². The van der Waals surface area contributed by atoms with Crippen molar-refractivity contribution in [1.82, 2.24) is 0 Å². The number of allylic oxidation sites excluding steroid dienone is 1. The molecule has 1 nitrogen and oxygen atoms in total. The smallest absolute Gasteiger partial charge is 0.0756 e. The van der Waals surface area contributed by atoms with Crippen molar-refractivity contribution in [2.45, 2.75) is 64.4 Å². The Bertz CT molecular complexity index is 763. The first-order chi connectivity index (χ1) is 13.7. The molecule has 1 saturated carbocycles. The van der Waals surface area contributed by atoms with Gasteiger partial charge >= 0.3 is 0 Å². The van der Waals surface area contributed by atoms with Crippen molar-refractivity contribution in [1.29, 1.82) is 0 Å². The summed E-state index contributed by atoms with van der Waals surface area (Å²) < 4.78 is 6.24. The van der Waals surface area contributed by atoms with Crippen LogP contribution in [0.2, 0.25) is 0 Å². The minimum absolute atomic E-state index is 0.322. The lowest BCUT2D eigenvalue weighted by Gasteiger charge is -2.29. The molecule has 1 heteroatoms. The molecule has 0 aromatic heterocycles. The molecule has 0 saturated heterocycles. The van der Waals surface area contributed by atoms with Crippen LogP contribution in [0.25, 0.3) is 11.1 Å². The molecule has 28 heavy (non-hydrogen) atoms. The van der Waals surface area contributed by atoms with E-state index in [1.807, 2.05) is 0 Å². The van der Waals surface area contributed by atoms with E-state index in [1.54, 1.807) is 0 Å². The van der Waals surface area contributed by atoms with Crippen LogP contribution in [0.4, 0.5) is 0 Å². The van der Waals surface area contributed by atoms with E-state index in [1.165, 1.54) is 54.4 Å². The van der Waals surface area contributed by atoms with Crippen LogP contribution >= 0.6 is 0 Å². The average molecular weight is 375 g/mol. The Hall–Kier alpha value is -1.86. The third-order valence-corrected chi connectivity index (χ3v) is 6.73. The van der Waals surface area contributed by atoms with Crippen LogP contribution in [-0.2, 0) is 4.74 Å². The fourth-order valence-electron chi connectivity index (χ4n) is 4.64. The lowest BCUT2D eigenvalue weighted by molar-refractivity contribution is 0.0345. The number of aryl methyl sites for hydroxylation is 1. The van der Waals surface area contributed by atoms with Crippen LogP contribution in [-0.4, -0.2) is 12.7 Å². The maximum Gasteiger partial charge on any atom is 0.0756 e. The molecular weight excluding hydrogens is 340 g/mol. The van der Waals surface area contributed by atoms with Gasteiger partial charge in [-0.2, -0.15) is 0 Å². The summed E-state index contributed by atoms with van der Waals surface area (Å²) in [6.45, 7) is 5.47. The van der Waals surface area contributed by atoms with E-state index in [2.05, 4.69) is 74.5 Å². The molecule has 0 spiro atoms. The van der Waals surface area contributed by atoms with Crippen molar-refractivity contribution in [2.24, 2.45) is 11.8 Å². The maximum atomic E-state index is 6.24. The first-order valence-corrected chi connectivity index (χ1v) is 11.1. The van der Waals surface area contributed by atoms with E-state index in [-0.39, 0.29) is 0 Å². The quantitative estimate of drug-likeness (QED) is 0.499. The van der Waals surface area contributed by atoms with Gasteiger partial charge in [0.1, 0.15) is 0 Å². The standard InChI is InChI=1S/C27H34O/c1-20-3-7-22(8-4-20)19-28-27-17-15-26(16-18-27)25-13-11-24(12-14-25)23-9-5-21(2)6-10-23/h5-6,9-15,17,20,22,26-27H,3-4,7-8,16,18-19H2,1-2H3. The van der Waals surface area contributed by atoms with Crippen LogP contribution in [0, 0.1) is 18.8 Å². The molecule has 1 fully saturated rings. The van der Waals surface area contributed by atoms with E-state index in [0.29, 0.717) is 12.0 Å². The summed E-state index contributed by atoms with van der Waals surface area (Å²) in [6, 6.07) is 17.9. The minimum atomic E-state index is 0.322. The van der Waals surface area contributed by atoms with Gasteiger partial charge in [0.25, 0.3) is 0 Å². The van der Waals surface area contributed by atoms with Crippen molar-refractivity contribution in [3.63, 3.8) is 0 Å². The monoisotopic (exact) mass is 374 g/mol. The SMILES string of the molecule is Cc1ccc(-c2ccc(C3C=CC(OCC4CCC(C)CC4)CC3)cc2)cc1. The Morgan fingerprint density at radius 2 is 1.39 bits per heavy atom. The van der Waals surface area contributed by atoms with Crippen LogP contribution in [0.15, 0.2) is 60.7 Å². The zero-order valence-corrected chi connectivity index (χ0v) is 17.4. The Morgan fingerprint density at radius 1 is 0.750 bits per heavy atom. The lowest BCUT2D eigenvalue weighted by atomic mass is 9.83. The first-order valence-electron chi connectivity index (χ1n) is 11.1. The Morgan fingerprint density at radius 3 is 2.00 bits per heavy atom. The predicted octanol–water partition coefficient (Wildman–Crippen LogP) is 7.31. The topological polar surface area (TPSA) is 9.23 Å². The van der Waals surface area contributed by atoms with Gasteiger partial charge in [-0.1, -0.05) is 86.0 Å². The zero-order valence-electron chi connectivity index (χ0n) is 17.4. The summed E-state index contributed by atoms with van der Waals surface area (Å²) in [5.74, 6) is 2.24. The molecule has 0 aliphatic heterocycles. The predicted molar refractivity (Wildman–Crippen MR) is 119 cm³/mol. The molecule has 2 unspecified atom stereocenters. The van der Waals surface area contributed by atoms with Crippen molar-refractivity contribution in [2.75, 3.05) is 6.61 Å². The van der Waals surface area contributed by atoms with Gasteiger partial charge in [-0.15, -0.1) is 0 Å². The molecule has 0 radical (unpaired) electrons. The van der Waals surface area contributed by atoms with E-state index in [4.69, 9.17) is 4.74 Å². The van der Waals surface area contributed by atoms with Crippen molar-refractivity contribution in [3.8, 4) is 11.1 Å². The lowest BCUT2D eigenvalue weighted by Crippen LogP contribution is -2.22. The molecule has 0 N–H and O–H groups in total. The van der Waals surface area contributed by atoms with E-state index >= 15 is 0 Å². The average Bonchev–Trinajstić information content (AvgIpc) is 2.74. The highest BCUT2D eigenvalue weighted by Gasteiger charge is 2.21. The second-order valence-corrected chi connectivity index (χ2v) is 9.05. The van der Waals surface area contributed by atoms with Crippen LogP contribution in [0.1, 0.15) is 62.5 Å². The summed E-state index contributed by atoms with van der Waals surface area (Å²) in [7, 11) is 0. The van der Waals surface area contributed by atoms with Gasteiger partial charge in [-0.05, 0) is 61.1 Å². The number of ether oxygens (including phenoxy) is 1. The zero-order chi connectivity index (χ0) is 19.3. The largest absolute Gasteiger partial charge is 0.374 e. The first kappa shape index (κ1) is 19.5. The van der Waals surface area contributed by atoms with Crippen molar-refractivity contribution >= 4 is 0 Å². The molecule has 2 aliphatic rings. The van der Waals surface area contributed by atoms with Crippen molar-refractivity contribution < 1.29 is 4.74 Å². The van der Waals surface area contributed by atoms with Gasteiger partial charge in [0.2, 0.25) is 0 Å². The van der Waals surface area contributed by atoms with Gasteiger partial charge in [0, 0.05) is 5.92 Å². The number of hydrogen-bond donors (Lipinski definition) is 0. The Kier molecular flexibility index (Phi) is 6.32. The Balaban J connectivity index is 1.30. The normalized spacial score (nSPS) is 27.6. The summed E-state index contributed by atoms with van der Waals surface area (Å²) in [5, 5.41) is 0. The summed E-state index contributed by atoms with van der Waals surface area (Å²) in [6.07, 6.45) is 12.8. The maximum absolute atomic E-state index is 6.24. The molecule has 2 aliphatic carbocycles. The molecule has 4 rings (SSSR count). The summed E-state index contributed by atoms with van der Waals surface area (Å²) in [5.41, 5.74) is 5.32. The van der Waals surface area contributed by atoms with Crippen LogP contribution in [0.3, 0.4) is 0 Å². The molecular formula is C27H34O. The van der Waals surface area contributed by atoms with Gasteiger partial charge in [0.05, 0.1) is 12.7 Å². The van der Waals surface area contributed by atoms with Gasteiger partial charge in [0.15, 0.2) is 0 Å². The number of hydrogen-bond acceptors (Lipinski definition) is 1. The third-order valence-electron chi connectivity index (χ3n) is 6.73. The van der Waals surface area contributed by atoms with Gasteiger partial charge in [-0.25, -0.2) is 0 Å². The van der Waals surface area contributed by atoms with Crippen LogP contribution < -0.4 is 0 Å². The van der Waals surface area contributed by atoms with E-state index < -0.39 is 0 Å². The minimum Gasteiger partial charge on any atom is -0.374 e. The Labute approximate surface area is 170 Å². The van der Waals surface area contributed by atoms with Gasteiger partial charge < -0.3 is 4.74 Å². The molecule has 2 atom stereocenters. The van der Waals surface area contributed by atoms with E-state index in [0.717, 1.165) is 24.9 Å². The third kappa shape index (κ3) is 4.94. The fraction of sp³-hybridized carbons (Fsp3) is 0.481.